The Morgan fingerprint density at radius 1 is 0.850 bits per heavy atom. The number of hydrogen-bond donors (Lipinski definition) is 1. The lowest BCUT2D eigenvalue weighted by Crippen LogP contribution is -2.67. The molecule has 0 heterocycles. The van der Waals surface area contributed by atoms with E-state index in [-0.39, 0.29) is 30.1 Å². The van der Waals surface area contributed by atoms with Gasteiger partial charge in [0.1, 0.15) is 0 Å². The fourth-order valence-electron chi connectivity index (χ4n) is 5.51. The fourth-order valence-corrected chi connectivity index (χ4v) is 10.1. The van der Waals surface area contributed by atoms with E-state index in [0.29, 0.717) is 6.42 Å². The van der Waals surface area contributed by atoms with Crippen molar-refractivity contribution in [1.82, 2.24) is 5.32 Å². The second-order valence-electron chi connectivity index (χ2n) is 11.9. The van der Waals surface area contributed by atoms with Crippen molar-refractivity contribution in [3.05, 3.63) is 71.1 Å². The minimum absolute atomic E-state index is 0.000103. The van der Waals surface area contributed by atoms with Crippen LogP contribution in [-0.4, -0.2) is 33.4 Å². The Bertz CT molecular complexity index is 965. The number of unbranched alkanes of at least 4 members (excludes halogenated alkanes) is 10. The molecule has 0 saturated carbocycles. The molecule has 0 fully saturated rings. The molecule has 0 aliphatic rings. The predicted octanol–water partition coefficient (Wildman–Crippen LogP) is 8.06. The first-order chi connectivity index (χ1) is 19.3. The molecule has 0 bridgehead atoms. The molecule has 6 nitrogen and oxygen atoms in total. The summed E-state index contributed by atoms with van der Waals surface area (Å²) >= 11 is 0. The van der Waals surface area contributed by atoms with Crippen LogP contribution in [0.1, 0.15) is 105 Å². The van der Waals surface area contributed by atoms with E-state index in [1.165, 1.54) is 68.2 Å². The van der Waals surface area contributed by atoms with Crippen molar-refractivity contribution < 1.29 is 9.22 Å². The molecule has 0 unspecified atom stereocenters. The van der Waals surface area contributed by atoms with Crippen molar-refractivity contribution in [2.24, 2.45) is 5.11 Å². The van der Waals surface area contributed by atoms with Gasteiger partial charge in [0.2, 0.25) is 5.91 Å². The highest BCUT2D eigenvalue weighted by atomic mass is 28.4. The van der Waals surface area contributed by atoms with Gasteiger partial charge in [0.15, 0.2) is 0 Å². The van der Waals surface area contributed by atoms with Gasteiger partial charge in [-0.15, -0.1) is 0 Å². The molecule has 1 amide bonds. The number of carbonyl (C=O) groups excluding carboxylic acids is 1. The summed E-state index contributed by atoms with van der Waals surface area (Å²) in [4.78, 5) is 15.8. The lowest BCUT2D eigenvalue weighted by molar-refractivity contribution is -0.122. The molecule has 0 aliphatic carbocycles. The number of benzene rings is 2. The van der Waals surface area contributed by atoms with E-state index >= 15 is 0 Å². The summed E-state index contributed by atoms with van der Waals surface area (Å²) in [5, 5.41) is 9.10. The molecule has 1 N–H and O–H groups in total. The highest BCUT2D eigenvalue weighted by Gasteiger charge is 2.50. The third kappa shape index (κ3) is 11.1. The van der Waals surface area contributed by atoms with Crippen molar-refractivity contribution in [2.75, 3.05) is 13.2 Å². The Morgan fingerprint density at radius 2 is 1.32 bits per heavy atom. The van der Waals surface area contributed by atoms with E-state index < -0.39 is 8.32 Å². The summed E-state index contributed by atoms with van der Waals surface area (Å²) in [6.45, 7) is 9.40. The second-order valence-corrected chi connectivity index (χ2v) is 16.2. The smallest absolute Gasteiger partial charge is 0.261 e. The predicted molar refractivity (Wildman–Crippen MR) is 171 cm³/mol. The van der Waals surface area contributed by atoms with Crippen LogP contribution in [0.3, 0.4) is 0 Å². The molecule has 2 rings (SSSR count). The van der Waals surface area contributed by atoms with Crippen molar-refractivity contribution >= 4 is 24.6 Å². The quantitative estimate of drug-likeness (QED) is 0.0579. The van der Waals surface area contributed by atoms with Gasteiger partial charge in [-0.3, -0.25) is 4.79 Å². The molecule has 0 saturated heterocycles. The average Bonchev–Trinajstić information content (AvgIpc) is 2.95. The Hall–Kier alpha value is -2.60. The lowest BCUT2D eigenvalue weighted by Gasteiger charge is -2.43. The van der Waals surface area contributed by atoms with Gasteiger partial charge >= 0.3 is 0 Å². The summed E-state index contributed by atoms with van der Waals surface area (Å²) in [5.74, 6) is 0.000103. The molecule has 0 aromatic heterocycles. The normalized spacial score (nSPS) is 12.5. The van der Waals surface area contributed by atoms with Crippen LogP contribution in [0.25, 0.3) is 10.4 Å². The third-order valence-corrected chi connectivity index (χ3v) is 12.7. The standard InChI is InChI=1S/C33H52N4O2Si/c1-5-6-7-8-9-10-11-12-13-14-21-26-32(38)36-29(27-35-37-34)28-39-40(33(2,3)4,30-22-17-15-18-23-30)31-24-19-16-20-25-31/h15-20,22-25,29H,5-14,21,26-28H2,1-4H3,(H,36,38)/t29-/m1/s1. The number of nitrogens with zero attached hydrogens (tertiary/aromatic N) is 3. The molecule has 0 aliphatic heterocycles. The monoisotopic (exact) mass is 564 g/mol. The lowest BCUT2D eigenvalue weighted by atomic mass is 10.1. The Labute approximate surface area is 244 Å². The number of rotatable bonds is 20. The van der Waals surface area contributed by atoms with Gasteiger partial charge in [-0.2, -0.15) is 0 Å². The summed E-state index contributed by atoms with van der Waals surface area (Å²) in [6, 6.07) is 20.5. The summed E-state index contributed by atoms with van der Waals surface area (Å²) in [5.41, 5.74) is 8.99. The van der Waals surface area contributed by atoms with Crippen molar-refractivity contribution in [1.29, 1.82) is 0 Å². The van der Waals surface area contributed by atoms with Crippen molar-refractivity contribution in [2.45, 2.75) is 116 Å². The molecule has 2 aromatic carbocycles. The SMILES string of the molecule is CCCCCCCCCCCCCC(=O)N[C@H](CN=[N+]=[N-])CO[Si](c1ccccc1)(c1ccccc1)C(C)(C)C. The maximum atomic E-state index is 12.8. The first-order valence-electron chi connectivity index (χ1n) is 15.4. The van der Waals surface area contributed by atoms with Crippen LogP contribution in [0.4, 0.5) is 0 Å². The number of hydrogen-bond acceptors (Lipinski definition) is 3. The van der Waals surface area contributed by atoms with Crippen LogP contribution < -0.4 is 15.7 Å². The van der Waals surface area contributed by atoms with E-state index in [0.717, 1.165) is 12.8 Å². The highest BCUT2D eigenvalue weighted by molar-refractivity contribution is 6.99. The van der Waals surface area contributed by atoms with Gasteiger partial charge < -0.3 is 9.74 Å². The minimum Gasteiger partial charge on any atom is -0.405 e. The van der Waals surface area contributed by atoms with E-state index in [1.807, 2.05) is 12.1 Å². The van der Waals surface area contributed by atoms with E-state index in [1.54, 1.807) is 0 Å². The van der Waals surface area contributed by atoms with Gasteiger partial charge in [-0.25, -0.2) is 0 Å². The Balaban J connectivity index is 1.96. The zero-order valence-electron chi connectivity index (χ0n) is 25.4. The third-order valence-electron chi connectivity index (χ3n) is 7.66. The van der Waals surface area contributed by atoms with Crippen LogP contribution in [0.5, 0.6) is 0 Å². The van der Waals surface area contributed by atoms with Crippen LogP contribution >= 0.6 is 0 Å². The van der Waals surface area contributed by atoms with Crippen molar-refractivity contribution in [3.63, 3.8) is 0 Å². The zero-order chi connectivity index (χ0) is 29.1. The topological polar surface area (TPSA) is 87.1 Å². The second kappa shape index (κ2) is 18.7. The summed E-state index contributed by atoms with van der Waals surface area (Å²) in [7, 11) is -2.75. The highest BCUT2D eigenvalue weighted by Crippen LogP contribution is 2.36. The van der Waals surface area contributed by atoms with Crippen LogP contribution in [-0.2, 0) is 9.22 Å². The molecule has 1 atom stereocenters. The Morgan fingerprint density at radius 3 is 1.77 bits per heavy atom. The molecular weight excluding hydrogens is 512 g/mol. The maximum Gasteiger partial charge on any atom is 0.261 e. The van der Waals surface area contributed by atoms with Crippen LogP contribution in [0.15, 0.2) is 65.8 Å². The molecule has 0 spiro atoms. The summed E-state index contributed by atoms with van der Waals surface area (Å²) in [6.07, 6.45) is 14.2. The molecule has 7 heteroatoms. The molecular formula is C33H52N4O2Si. The van der Waals surface area contributed by atoms with Gasteiger partial charge in [0, 0.05) is 17.9 Å². The molecule has 0 radical (unpaired) electrons. The summed E-state index contributed by atoms with van der Waals surface area (Å²) < 4.78 is 6.98. The fraction of sp³-hybridized carbons (Fsp3) is 0.606. The van der Waals surface area contributed by atoms with Gasteiger partial charge in [-0.05, 0) is 27.4 Å². The number of azide groups is 1. The van der Waals surface area contributed by atoms with Gasteiger partial charge in [-0.1, -0.05) is 158 Å². The van der Waals surface area contributed by atoms with E-state index in [4.69, 9.17) is 9.96 Å². The van der Waals surface area contributed by atoms with Gasteiger partial charge in [0.25, 0.3) is 8.32 Å². The molecule has 40 heavy (non-hydrogen) atoms. The first-order valence-corrected chi connectivity index (χ1v) is 17.3. The molecule has 220 valence electrons. The largest absolute Gasteiger partial charge is 0.405 e. The first kappa shape index (κ1) is 33.6. The van der Waals surface area contributed by atoms with Crippen LogP contribution in [0.2, 0.25) is 5.04 Å². The zero-order valence-corrected chi connectivity index (χ0v) is 26.4. The van der Waals surface area contributed by atoms with Gasteiger partial charge in [0.05, 0.1) is 12.6 Å². The van der Waals surface area contributed by atoms with Crippen molar-refractivity contribution in [3.8, 4) is 0 Å². The maximum absolute atomic E-state index is 12.8. The molecule has 2 aromatic rings. The van der Waals surface area contributed by atoms with Crippen LogP contribution in [0, 0.1) is 0 Å². The van der Waals surface area contributed by atoms with E-state index in [2.05, 4.69) is 91.6 Å². The average molecular weight is 565 g/mol. The number of amides is 1. The Kier molecular flexibility index (Phi) is 15.7. The number of nitrogens with one attached hydrogen (secondary N) is 1. The minimum atomic E-state index is -2.75. The number of carbonyl (C=O) groups is 1. The van der Waals surface area contributed by atoms with E-state index in [9.17, 15) is 4.79 Å².